The molecule has 7 nitrogen and oxygen atoms in total. The summed E-state index contributed by atoms with van der Waals surface area (Å²) in [5, 5.41) is 0.284. The van der Waals surface area contributed by atoms with Crippen molar-refractivity contribution in [2.45, 2.75) is 6.92 Å². The molecule has 0 aliphatic carbocycles. The number of fused-ring (bicyclic) bond motifs is 2. The molecule has 2 heterocycles. The van der Waals surface area contributed by atoms with E-state index in [2.05, 4.69) is 0 Å². The van der Waals surface area contributed by atoms with Crippen molar-refractivity contribution in [1.29, 1.82) is 0 Å². The molecule has 0 atom stereocenters. The Morgan fingerprint density at radius 3 is 2.65 bits per heavy atom. The van der Waals surface area contributed by atoms with Crippen LogP contribution in [0.15, 0.2) is 45.6 Å². The van der Waals surface area contributed by atoms with Gasteiger partial charge in [0, 0.05) is 18.6 Å². The van der Waals surface area contributed by atoms with Crippen LogP contribution in [0.4, 0.5) is 0 Å². The molecule has 132 valence electrons. The van der Waals surface area contributed by atoms with Crippen LogP contribution in [0.1, 0.15) is 6.92 Å². The SMILES string of the molecule is COc1ccc2c(=O)c(OC(C)=O)c(-c3ccc4c(c3)OCO4)oc2c1. The smallest absolute Gasteiger partial charge is 0.308 e. The van der Waals surface area contributed by atoms with Gasteiger partial charge in [-0.2, -0.15) is 0 Å². The zero-order valence-corrected chi connectivity index (χ0v) is 14.0. The van der Waals surface area contributed by atoms with Crippen LogP contribution in [0, 0.1) is 0 Å². The van der Waals surface area contributed by atoms with Crippen molar-refractivity contribution in [3.05, 3.63) is 46.6 Å². The van der Waals surface area contributed by atoms with Crippen molar-refractivity contribution in [3.8, 4) is 34.3 Å². The molecule has 26 heavy (non-hydrogen) atoms. The summed E-state index contributed by atoms with van der Waals surface area (Å²) in [5.41, 5.74) is 0.391. The molecule has 4 rings (SSSR count). The first-order chi connectivity index (χ1) is 12.6. The van der Waals surface area contributed by atoms with Gasteiger partial charge in [-0.15, -0.1) is 0 Å². The van der Waals surface area contributed by atoms with E-state index in [4.69, 9.17) is 23.4 Å². The maximum Gasteiger partial charge on any atom is 0.308 e. The lowest BCUT2D eigenvalue weighted by molar-refractivity contribution is -0.131. The molecular formula is C19H14O7. The van der Waals surface area contributed by atoms with Crippen LogP contribution in [-0.4, -0.2) is 19.9 Å². The van der Waals surface area contributed by atoms with Crippen LogP contribution in [0.2, 0.25) is 0 Å². The van der Waals surface area contributed by atoms with Gasteiger partial charge in [-0.25, -0.2) is 0 Å². The van der Waals surface area contributed by atoms with Gasteiger partial charge in [-0.1, -0.05) is 0 Å². The van der Waals surface area contributed by atoms with Crippen molar-refractivity contribution in [1.82, 2.24) is 0 Å². The molecule has 0 saturated heterocycles. The second-order valence-corrected chi connectivity index (χ2v) is 5.61. The Morgan fingerprint density at radius 1 is 1.08 bits per heavy atom. The summed E-state index contributed by atoms with van der Waals surface area (Å²) in [6.45, 7) is 1.34. The van der Waals surface area contributed by atoms with Gasteiger partial charge in [-0.05, 0) is 30.3 Å². The van der Waals surface area contributed by atoms with Crippen molar-refractivity contribution in [2.75, 3.05) is 13.9 Å². The van der Waals surface area contributed by atoms with Crippen molar-refractivity contribution in [3.63, 3.8) is 0 Å². The van der Waals surface area contributed by atoms with E-state index in [0.29, 0.717) is 28.4 Å². The molecule has 1 aliphatic heterocycles. The Bertz CT molecular complexity index is 1080. The Labute approximate surface area is 147 Å². The topological polar surface area (TPSA) is 84.2 Å². The molecule has 0 spiro atoms. The number of carbonyl (C=O) groups is 1. The Kier molecular flexibility index (Phi) is 3.76. The number of methoxy groups -OCH3 is 1. The number of hydrogen-bond acceptors (Lipinski definition) is 7. The summed E-state index contributed by atoms with van der Waals surface area (Å²) in [4.78, 5) is 24.4. The molecule has 2 aromatic carbocycles. The van der Waals surface area contributed by atoms with E-state index in [9.17, 15) is 9.59 Å². The molecule has 0 unspecified atom stereocenters. The second-order valence-electron chi connectivity index (χ2n) is 5.61. The van der Waals surface area contributed by atoms with Gasteiger partial charge in [0.15, 0.2) is 17.3 Å². The Hall–Kier alpha value is -3.48. The van der Waals surface area contributed by atoms with Gasteiger partial charge >= 0.3 is 5.97 Å². The van der Waals surface area contributed by atoms with E-state index < -0.39 is 11.4 Å². The highest BCUT2D eigenvalue weighted by Gasteiger charge is 2.22. The minimum atomic E-state index is -0.618. The number of esters is 1. The van der Waals surface area contributed by atoms with Crippen molar-refractivity contribution < 1.29 is 28.2 Å². The molecule has 3 aromatic rings. The highest BCUT2D eigenvalue weighted by Crippen LogP contribution is 2.39. The average molecular weight is 354 g/mol. The van der Waals surface area contributed by atoms with Crippen LogP contribution in [-0.2, 0) is 4.79 Å². The third kappa shape index (κ3) is 2.63. The van der Waals surface area contributed by atoms with Gasteiger partial charge in [0.1, 0.15) is 11.3 Å². The van der Waals surface area contributed by atoms with Gasteiger partial charge in [0.2, 0.25) is 18.0 Å². The van der Waals surface area contributed by atoms with Gasteiger partial charge in [-0.3, -0.25) is 9.59 Å². The highest BCUT2D eigenvalue weighted by atomic mass is 16.7. The lowest BCUT2D eigenvalue weighted by Gasteiger charge is -2.10. The zero-order valence-electron chi connectivity index (χ0n) is 14.0. The molecule has 1 aromatic heterocycles. The third-order valence-corrected chi connectivity index (χ3v) is 3.94. The number of benzene rings is 2. The lowest BCUT2D eigenvalue weighted by atomic mass is 10.1. The largest absolute Gasteiger partial charge is 0.497 e. The number of ether oxygens (including phenoxy) is 4. The summed E-state index contributed by atoms with van der Waals surface area (Å²) in [7, 11) is 1.52. The molecule has 0 fully saturated rings. The van der Waals surface area contributed by atoms with E-state index in [0.717, 1.165) is 0 Å². The maximum atomic E-state index is 12.9. The van der Waals surface area contributed by atoms with E-state index in [1.165, 1.54) is 14.0 Å². The quantitative estimate of drug-likeness (QED) is 0.668. The Balaban J connectivity index is 1.99. The number of rotatable bonds is 3. The zero-order chi connectivity index (χ0) is 18.3. The molecule has 0 bridgehead atoms. The van der Waals surface area contributed by atoms with Crippen LogP contribution < -0.4 is 24.4 Å². The highest BCUT2D eigenvalue weighted by molar-refractivity contribution is 5.85. The van der Waals surface area contributed by atoms with Gasteiger partial charge in [0.05, 0.1) is 12.5 Å². The first-order valence-electron chi connectivity index (χ1n) is 7.80. The third-order valence-electron chi connectivity index (χ3n) is 3.94. The average Bonchev–Trinajstić information content (AvgIpc) is 3.10. The molecule has 0 amide bonds. The fraction of sp³-hybridized carbons (Fsp3) is 0.158. The van der Waals surface area contributed by atoms with Crippen LogP contribution in [0.5, 0.6) is 23.0 Å². The summed E-state index contributed by atoms with van der Waals surface area (Å²) in [6, 6.07) is 9.87. The number of carbonyl (C=O) groups excluding carboxylic acids is 1. The summed E-state index contributed by atoms with van der Waals surface area (Å²) >= 11 is 0. The molecule has 0 saturated carbocycles. The minimum Gasteiger partial charge on any atom is -0.497 e. The lowest BCUT2D eigenvalue weighted by Crippen LogP contribution is -2.13. The molecule has 0 N–H and O–H groups in total. The molecule has 1 aliphatic rings. The van der Waals surface area contributed by atoms with E-state index in [-0.39, 0.29) is 23.7 Å². The summed E-state index contributed by atoms with van der Waals surface area (Å²) in [5.74, 6) is 0.986. The predicted octanol–water partition coefficient (Wildman–Crippen LogP) is 3.12. The van der Waals surface area contributed by atoms with Crippen LogP contribution in [0.25, 0.3) is 22.3 Å². The van der Waals surface area contributed by atoms with Crippen LogP contribution in [0.3, 0.4) is 0 Å². The molecule has 0 radical (unpaired) electrons. The first kappa shape index (κ1) is 16.0. The maximum absolute atomic E-state index is 12.9. The van der Waals surface area contributed by atoms with E-state index in [1.807, 2.05) is 0 Å². The minimum absolute atomic E-state index is 0.120. The fourth-order valence-corrected chi connectivity index (χ4v) is 2.75. The van der Waals surface area contributed by atoms with Crippen molar-refractivity contribution >= 4 is 16.9 Å². The molecular weight excluding hydrogens is 340 g/mol. The van der Waals surface area contributed by atoms with E-state index in [1.54, 1.807) is 36.4 Å². The summed E-state index contributed by atoms with van der Waals surface area (Å²) < 4.78 is 26.9. The predicted molar refractivity (Wildman–Crippen MR) is 91.9 cm³/mol. The van der Waals surface area contributed by atoms with E-state index >= 15 is 0 Å². The van der Waals surface area contributed by atoms with Gasteiger partial charge in [0.25, 0.3) is 0 Å². The first-order valence-corrected chi connectivity index (χ1v) is 7.80. The van der Waals surface area contributed by atoms with Crippen molar-refractivity contribution in [2.24, 2.45) is 0 Å². The monoisotopic (exact) mass is 354 g/mol. The van der Waals surface area contributed by atoms with Crippen LogP contribution >= 0.6 is 0 Å². The second kappa shape index (κ2) is 6.11. The molecule has 7 heteroatoms. The number of hydrogen-bond donors (Lipinski definition) is 0. The summed E-state index contributed by atoms with van der Waals surface area (Å²) in [6.07, 6.45) is 0. The fourth-order valence-electron chi connectivity index (χ4n) is 2.75. The normalized spacial score (nSPS) is 12.2. The standard InChI is InChI=1S/C19H14O7/c1-10(20)25-19-17(21)13-5-4-12(22-2)8-15(13)26-18(19)11-3-6-14-16(7-11)24-9-23-14/h3-8H,9H2,1-2H3. The Morgan fingerprint density at radius 2 is 1.88 bits per heavy atom. The van der Waals surface area contributed by atoms with Gasteiger partial charge < -0.3 is 23.4 Å².